The lowest BCUT2D eigenvalue weighted by atomic mass is 10.2. The number of ether oxygens (including phenoxy) is 2. The maximum absolute atomic E-state index is 12.9. The molecule has 0 spiro atoms. The summed E-state index contributed by atoms with van der Waals surface area (Å²) in [5.74, 6) is -0.0960. The fourth-order valence-electron chi connectivity index (χ4n) is 3.22. The number of hydrogen-bond acceptors (Lipinski definition) is 4. The maximum atomic E-state index is 12.9. The molecule has 3 N–H and O–H groups in total. The van der Waals surface area contributed by atoms with Crippen LogP contribution in [-0.4, -0.2) is 54.1 Å². The molecule has 2 unspecified atom stereocenters. The van der Waals surface area contributed by atoms with Gasteiger partial charge in [-0.2, -0.15) is 0 Å². The van der Waals surface area contributed by atoms with E-state index in [-0.39, 0.29) is 12.0 Å². The number of amides is 2. The van der Waals surface area contributed by atoms with Crippen LogP contribution in [0, 0.1) is 0 Å². The Balaban J connectivity index is 1.91. The van der Waals surface area contributed by atoms with Crippen LogP contribution in [0.4, 0.5) is 0 Å². The van der Waals surface area contributed by atoms with Crippen LogP contribution in [0.15, 0.2) is 24.3 Å². The number of benzene rings is 1. The summed E-state index contributed by atoms with van der Waals surface area (Å²) in [5.41, 5.74) is 6.67. The number of hydrogen-bond donors (Lipinski definition) is 2. The predicted octanol–water partition coefficient (Wildman–Crippen LogP) is 1.28. The number of aromatic amines is 1. The molecular formula is C17H21N3O4. The van der Waals surface area contributed by atoms with Gasteiger partial charge in [0, 0.05) is 30.5 Å². The van der Waals surface area contributed by atoms with Crippen LogP contribution >= 0.6 is 0 Å². The van der Waals surface area contributed by atoms with Gasteiger partial charge in [-0.25, -0.2) is 0 Å². The Labute approximate surface area is 139 Å². The summed E-state index contributed by atoms with van der Waals surface area (Å²) in [5, 5.41) is 0.819. The smallest absolute Gasteiger partial charge is 0.271 e. The van der Waals surface area contributed by atoms with E-state index in [2.05, 4.69) is 4.98 Å². The Morgan fingerprint density at radius 1 is 1.42 bits per heavy atom. The zero-order valence-corrected chi connectivity index (χ0v) is 13.7. The van der Waals surface area contributed by atoms with Crippen molar-refractivity contribution in [2.75, 3.05) is 20.3 Å². The van der Waals surface area contributed by atoms with Crippen molar-refractivity contribution in [2.24, 2.45) is 5.73 Å². The largest absolute Gasteiger partial charge is 0.496 e. The van der Waals surface area contributed by atoms with Crippen LogP contribution in [0.5, 0.6) is 5.75 Å². The molecule has 1 aromatic carbocycles. The van der Waals surface area contributed by atoms with Crippen LogP contribution < -0.4 is 10.5 Å². The van der Waals surface area contributed by atoms with E-state index >= 15 is 0 Å². The highest BCUT2D eigenvalue weighted by Gasteiger charge is 2.39. The van der Waals surface area contributed by atoms with Crippen molar-refractivity contribution in [3.05, 3.63) is 30.0 Å². The lowest BCUT2D eigenvalue weighted by molar-refractivity contribution is -0.121. The van der Waals surface area contributed by atoms with Crippen molar-refractivity contribution in [1.29, 1.82) is 0 Å². The van der Waals surface area contributed by atoms with Gasteiger partial charge in [0.05, 0.1) is 13.2 Å². The first kappa shape index (κ1) is 16.3. The minimum atomic E-state index is -0.651. The van der Waals surface area contributed by atoms with Crippen LogP contribution in [0.2, 0.25) is 0 Å². The first-order valence-electron chi connectivity index (χ1n) is 7.92. The van der Waals surface area contributed by atoms with Gasteiger partial charge in [0.1, 0.15) is 17.5 Å². The van der Waals surface area contributed by atoms with Crippen molar-refractivity contribution in [3.8, 4) is 5.75 Å². The van der Waals surface area contributed by atoms with Crippen molar-refractivity contribution in [2.45, 2.75) is 25.5 Å². The summed E-state index contributed by atoms with van der Waals surface area (Å²) in [6.07, 6.45) is 0.258. The van der Waals surface area contributed by atoms with Crippen molar-refractivity contribution in [1.82, 2.24) is 9.88 Å². The summed E-state index contributed by atoms with van der Waals surface area (Å²) in [6.45, 7) is 2.77. The molecule has 2 atom stereocenters. The quantitative estimate of drug-likeness (QED) is 0.862. The standard InChI is InChI=1S/C17H21N3O4/c1-3-24-10-7-14(16(18)21)20(9-10)17(22)13-8-11-12(19-13)5-4-6-15(11)23-2/h4-6,8,10,14,19H,3,7,9H2,1-2H3,(H2,18,21). The molecule has 3 rings (SSSR count). The average Bonchev–Trinajstić information content (AvgIpc) is 3.18. The number of rotatable bonds is 5. The molecule has 0 radical (unpaired) electrons. The first-order valence-corrected chi connectivity index (χ1v) is 7.92. The number of carbonyl (C=O) groups excluding carboxylic acids is 2. The number of fused-ring (bicyclic) bond motifs is 1. The van der Waals surface area contributed by atoms with E-state index in [1.54, 1.807) is 13.2 Å². The third kappa shape index (κ3) is 2.82. The number of methoxy groups -OCH3 is 1. The van der Waals surface area contributed by atoms with Crippen LogP contribution in [0.3, 0.4) is 0 Å². The molecule has 7 nitrogen and oxygen atoms in total. The fourth-order valence-corrected chi connectivity index (χ4v) is 3.22. The molecule has 1 aliphatic rings. The van der Waals surface area contributed by atoms with Crippen molar-refractivity contribution >= 4 is 22.7 Å². The van der Waals surface area contributed by atoms with Gasteiger partial charge in [0.25, 0.3) is 5.91 Å². The molecule has 0 saturated carbocycles. The van der Waals surface area contributed by atoms with Crippen molar-refractivity contribution < 1.29 is 19.1 Å². The molecule has 1 saturated heterocycles. The highest BCUT2D eigenvalue weighted by atomic mass is 16.5. The lowest BCUT2D eigenvalue weighted by Crippen LogP contribution is -2.43. The summed E-state index contributed by atoms with van der Waals surface area (Å²) in [4.78, 5) is 29.2. The number of nitrogens with one attached hydrogen (secondary N) is 1. The van der Waals surface area contributed by atoms with E-state index in [1.807, 2.05) is 25.1 Å². The molecule has 24 heavy (non-hydrogen) atoms. The van der Waals surface area contributed by atoms with Gasteiger partial charge in [0.15, 0.2) is 0 Å². The minimum Gasteiger partial charge on any atom is -0.496 e. The molecule has 7 heteroatoms. The van der Waals surface area contributed by atoms with E-state index < -0.39 is 11.9 Å². The molecule has 1 aliphatic heterocycles. The average molecular weight is 331 g/mol. The van der Waals surface area contributed by atoms with Gasteiger partial charge in [-0.15, -0.1) is 0 Å². The van der Waals surface area contributed by atoms with Gasteiger partial charge in [-0.05, 0) is 25.1 Å². The fraction of sp³-hybridized carbons (Fsp3) is 0.412. The SMILES string of the molecule is CCOC1CC(C(N)=O)N(C(=O)c2cc3c(OC)cccc3[nH]2)C1. The van der Waals surface area contributed by atoms with E-state index in [4.69, 9.17) is 15.2 Å². The summed E-state index contributed by atoms with van der Waals surface area (Å²) >= 11 is 0. The normalized spacial score (nSPS) is 20.5. The molecule has 2 amide bonds. The van der Waals surface area contributed by atoms with E-state index in [1.165, 1.54) is 4.90 Å². The zero-order valence-electron chi connectivity index (χ0n) is 13.7. The number of aromatic nitrogens is 1. The highest BCUT2D eigenvalue weighted by molar-refractivity contribution is 6.01. The van der Waals surface area contributed by atoms with E-state index in [0.717, 1.165) is 10.9 Å². The van der Waals surface area contributed by atoms with Gasteiger partial charge < -0.3 is 25.1 Å². The van der Waals surface area contributed by atoms with Crippen LogP contribution in [0.25, 0.3) is 10.9 Å². The Hall–Kier alpha value is -2.54. The molecule has 0 aliphatic carbocycles. The van der Waals surface area contributed by atoms with E-state index in [0.29, 0.717) is 31.0 Å². The molecule has 128 valence electrons. The van der Waals surface area contributed by atoms with Crippen LogP contribution in [-0.2, 0) is 9.53 Å². The van der Waals surface area contributed by atoms with Gasteiger partial charge in [-0.3, -0.25) is 9.59 Å². The summed E-state index contributed by atoms with van der Waals surface area (Å²) < 4.78 is 10.9. The monoisotopic (exact) mass is 331 g/mol. The Morgan fingerprint density at radius 3 is 2.88 bits per heavy atom. The van der Waals surface area contributed by atoms with Gasteiger partial charge in [0.2, 0.25) is 5.91 Å². The number of nitrogens with two attached hydrogens (primary N) is 1. The van der Waals surface area contributed by atoms with Gasteiger partial charge in [-0.1, -0.05) is 6.07 Å². The molecule has 2 heterocycles. The topological polar surface area (TPSA) is 97.7 Å². The second kappa shape index (κ2) is 6.52. The number of primary amides is 1. The third-order valence-electron chi connectivity index (χ3n) is 4.33. The minimum absolute atomic E-state index is 0.171. The van der Waals surface area contributed by atoms with E-state index in [9.17, 15) is 9.59 Å². The second-order valence-corrected chi connectivity index (χ2v) is 5.79. The number of carbonyl (C=O) groups is 2. The summed E-state index contributed by atoms with van der Waals surface area (Å²) in [7, 11) is 1.58. The first-order chi connectivity index (χ1) is 11.5. The molecule has 1 aromatic heterocycles. The van der Waals surface area contributed by atoms with Crippen LogP contribution in [0.1, 0.15) is 23.8 Å². The molecule has 0 bridgehead atoms. The Bertz CT molecular complexity index is 770. The highest BCUT2D eigenvalue weighted by Crippen LogP contribution is 2.28. The summed E-state index contributed by atoms with van der Waals surface area (Å²) in [6, 6.07) is 6.63. The molecule has 2 aromatic rings. The predicted molar refractivity (Wildman–Crippen MR) is 88.9 cm³/mol. The Morgan fingerprint density at radius 2 is 2.21 bits per heavy atom. The zero-order chi connectivity index (χ0) is 17.3. The maximum Gasteiger partial charge on any atom is 0.271 e. The van der Waals surface area contributed by atoms with Gasteiger partial charge >= 0.3 is 0 Å². The number of H-pyrrole nitrogens is 1. The Kier molecular flexibility index (Phi) is 4.44. The second-order valence-electron chi connectivity index (χ2n) is 5.79. The number of nitrogens with zero attached hydrogens (tertiary/aromatic N) is 1. The third-order valence-corrected chi connectivity index (χ3v) is 4.33. The molecule has 1 fully saturated rings. The number of likely N-dealkylation sites (tertiary alicyclic amines) is 1. The molecular weight excluding hydrogens is 310 g/mol. The van der Waals surface area contributed by atoms with Crippen molar-refractivity contribution in [3.63, 3.8) is 0 Å². The lowest BCUT2D eigenvalue weighted by Gasteiger charge is -2.21.